The number of aromatic carboxylic acids is 1. The highest BCUT2D eigenvalue weighted by molar-refractivity contribution is 6.31. The van der Waals surface area contributed by atoms with Crippen molar-refractivity contribution in [1.29, 1.82) is 0 Å². The van der Waals surface area contributed by atoms with Gasteiger partial charge in [0.15, 0.2) is 0 Å². The number of rotatable bonds is 3. The first-order valence-corrected chi connectivity index (χ1v) is 6.36. The van der Waals surface area contributed by atoms with Crippen LogP contribution in [-0.4, -0.2) is 17.0 Å². The Bertz CT molecular complexity index is 731. The second-order valence-electron chi connectivity index (χ2n) is 4.41. The maximum Gasteiger partial charge on any atom is 0.337 e. The van der Waals surface area contributed by atoms with Crippen molar-refractivity contribution in [3.63, 3.8) is 0 Å². The van der Waals surface area contributed by atoms with Gasteiger partial charge in [-0.1, -0.05) is 17.7 Å². The molecule has 0 saturated heterocycles. The maximum atomic E-state index is 13.1. The number of hydrogen-bond donors (Lipinski definition) is 2. The monoisotopic (exact) mass is 307 g/mol. The third kappa shape index (κ3) is 3.38. The fourth-order valence-electron chi connectivity index (χ4n) is 1.73. The molecule has 1 amide bonds. The van der Waals surface area contributed by atoms with Crippen molar-refractivity contribution in [2.24, 2.45) is 0 Å². The van der Waals surface area contributed by atoms with Gasteiger partial charge in [-0.15, -0.1) is 0 Å². The fourth-order valence-corrected chi connectivity index (χ4v) is 1.91. The summed E-state index contributed by atoms with van der Waals surface area (Å²) in [5, 5.41) is 11.9. The second-order valence-corrected chi connectivity index (χ2v) is 4.82. The number of carbonyl (C=O) groups excluding carboxylic acids is 1. The van der Waals surface area contributed by atoms with Crippen LogP contribution in [-0.2, 0) is 0 Å². The summed E-state index contributed by atoms with van der Waals surface area (Å²) in [5.41, 5.74) is 0.805. The van der Waals surface area contributed by atoms with Gasteiger partial charge < -0.3 is 10.4 Å². The molecular weight excluding hydrogens is 297 g/mol. The lowest BCUT2D eigenvalue weighted by molar-refractivity contribution is 0.0697. The lowest BCUT2D eigenvalue weighted by Crippen LogP contribution is -2.15. The molecule has 0 aliphatic rings. The number of carboxylic acid groups (broad SMARTS) is 1. The van der Waals surface area contributed by atoms with Gasteiger partial charge in [0.1, 0.15) is 5.82 Å². The van der Waals surface area contributed by atoms with Gasteiger partial charge >= 0.3 is 5.97 Å². The van der Waals surface area contributed by atoms with Crippen LogP contribution in [0.1, 0.15) is 26.3 Å². The summed E-state index contributed by atoms with van der Waals surface area (Å²) in [7, 11) is 0. The normalized spacial score (nSPS) is 10.2. The zero-order valence-electron chi connectivity index (χ0n) is 11.0. The van der Waals surface area contributed by atoms with Crippen molar-refractivity contribution < 1.29 is 19.1 Å². The van der Waals surface area contributed by atoms with E-state index in [1.165, 1.54) is 12.1 Å². The average molecular weight is 308 g/mol. The van der Waals surface area contributed by atoms with Gasteiger partial charge in [-0.05, 0) is 42.8 Å². The molecule has 0 spiro atoms. The van der Waals surface area contributed by atoms with E-state index in [1.807, 2.05) is 0 Å². The van der Waals surface area contributed by atoms with E-state index in [1.54, 1.807) is 19.1 Å². The first-order chi connectivity index (χ1) is 9.88. The summed E-state index contributed by atoms with van der Waals surface area (Å²) in [6, 6.07) is 7.85. The lowest BCUT2D eigenvalue weighted by Gasteiger charge is -2.09. The molecule has 2 N–H and O–H groups in total. The maximum absolute atomic E-state index is 13.1. The number of amides is 1. The Morgan fingerprint density at radius 3 is 2.52 bits per heavy atom. The van der Waals surface area contributed by atoms with E-state index in [4.69, 9.17) is 16.7 Å². The van der Waals surface area contributed by atoms with Crippen molar-refractivity contribution in [2.45, 2.75) is 6.92 Å². The minimum Gasteiger partial charge on any atom is -0.478 e. The van der Waals surface area contributed by atoms with Gasteiger partial charge in [-0.25, -0.2) is 9.18 Å². The van der Waals surface area contributed by atoms with Gasteiger partial charge in [0.2, 0.25) is 0 Å². The summed E-state index contributed by atoms with van der Waals surface area (Å²) in [5.74, 6) is -2.54. The highest BCUT2D eigenvalue weighted by Crippen LogP contribution is 2.20. The summed E-state index contributed by atoms with van der Waals surface area (Å²) in [6.45, 7) is 1.80. The number of halogens is 2. The van der Waals surface area contributed by atoms with E-state index in [0.29, 0.717) is 5.02 Å². The van der Waals surface area contributed by atoms with Crippen LogP contribution in [0.4, 0.5) is 10.1 Å². The molecule has 0 unspecified atom stereocenters. The number of carbonyl (C=O) groups is 2. The molecule has 0 heterocycles. The third-order valence-electron chi connectivity index (χ3n) is 2.89. The summed E-state index contributed by atoms with van der Waals surface area (Å²) in [6.07, 6.45) is 0. The highest BCUT2D eigenvalue weighted by atomic mass is 35.5. The molecule has 0 atom stereocenters. The number of nitrogens with one attached hydrogen (secondary N) is 1. The predicted octanol–water partition coefficient (Wildman–Crippen LogP) is 3.74. The lowest BCUT2D eigenvalue weighted by atomic mass is 10.1. The van der Waals surface area contributed by atoms with Crippen LogP contribution in [0.25, 0.3) is 0 Å². The Labute approximate surface area is 125 Å². The van der Waals surface area contributed by atoms with Crippen LogP contribution in [0.3, 0.4) is 0 Å². The molecule has 0 radical (unpaired) electrons. The van der Waals surface area contributed by atoms with Crippen molar-refractivity contribution in [1.82, 2.24) is 0 Å². The Morgan fingerprint density at radius 2 is 1.90 bits per heavy atom. The Balaban J connectivity index is 2.31. The molecule has 2 aromatic carbocycles. The number of benzene rings is 2. The number of carboxylic acids is 1. The van der Waals surface area contributed by atoms with Crippen LogP contribution in [0.15, 0.2) is 36.4 Å². The molecule has 0 bridgehead atoms. The Hall–Kier alpha value is -2.40. The third-order valence-corrected chi connectivity index (χ3v) is 3.30. The predicted molar refractivity (Wildman–Crippen MR) is 77.5 cm³/mol. The van der Waals surface area contributed by atoms with Crippen LogP contribution in [0, 0.1) is 12.7 Å². The van der Waals surface area contributed by atoms with Gasteiger partial charge in [0.05, 0.1) is 11.3 Å². The molecular formula is C15H11ClFNO3. The zero-order valence-corrected chi connectivity index (χ0v) is 11.7. The van der Waals surface area contributed by atoms with E-state index in [-0.39, 0.29) is 16.8 Å². The molecule has 0 aromatic heterocycles. The molecule has 4 nitrogen and oxygen atoms in total. The quantitative estimate of drug-likeness (QED) is 0.907. The topological polar surface area (TPSA) is 66.4 Å². The molecule has 0 aliphatic heterocycles. The molecule has 108 valence electrons. The minimum atomic E-state index is -1.33. The number of anilines is 1. The van der Waals surface area contributed by atoms with E-state index < -0.39 is 17.7 Å². The average Bonchev–Trinajstić information content (AvgIpc) is 2.43. The summed E-state index contributed by atoms with van der Waals surface area (Å²) < 4.78 is 13.1. The molecule has 21 heavy (non-hydrogen) atoms. The Kier molecular flexibility index (Phi) is 4.23. The van der Waals surface area contributed by atoms with Gasteiger partial charge in [-0.3, -0.25) is 4.79 Å². The highest BCUT2D eigenvalue weighted by Gasteiger charge is 2.15. The van der Waals surface area contributed by atoms with Crippen LogP contribution in [0.5, 0.6) is 0 Å². The van der Waals surface area contributed by atoms with Gasteiger partial charge in [-0.2, -0.15) is 0 Å². The van der Waals surface area contributed by atoms with Crippen LogP contribution >= 0.6 is 11.6 Å². The molecule has 2 aromatic rings. The standard InChI is InChI=1S/C15H11ClFNO3/c1-8-2-3-9(6-12(8)16)14(19)18-13-5-4-10(17)7-11(13)15(20)21/h2-7H,1H3,(H,18,19)(H,20,21). The number of aryl methyl sites for hydroxylation is 1. The first kappa shape index (κ1) is 15.0. The summed E-state index contributed by atoms with van der Waals surface area (Å²) in [4.78, 5) is 23.1. The van der Waals surface area contributed by atoms with Crippen LogP contribution in [0.2, 0.25) is 5.02 Å². The van der Waals surface area contributed by atoms with Gasteiger partial charge in [0.25, 0.3) is 5.91 Å². The first-order valence-electron chi connectivity index (χ1n) is 5.99. The summed E-state index contributed by atoms with van der Waals surface area (Å²) >= 11 is 5.94. The SMILES string of the molecule is Cc1ccc(C(=O)Nc2ccc(F)cc2C(=O)O)cc1Cl. The van der Waals surface area contributed by atoms with E-state index in [0.717, 1.165) is 17.7 Å². The van der Waals surface area contributed by atoms with Crippen LogP contribution < -0.4 is 5.32 Å². The second kappa shape index (κ2) is 5.93. The molecule has 6 heteroatoms. The van der Waals surface area contributed by atoms with Crippen molar-refractivity contribution >= 4 is 29.2 Å². The number of hydrogen-bond acceptors (Lipinski definition) is 2. The Morgan fingerprint density at radius 1 is 1.19 bits per heavy atom. The smallest absolute Gasteiger partial charge is 0.337 e. The fraction of sp³-hybridized carbons (Fsp3) is 0.0667. The molecule has 0 fully saturated rings. The van der Waals surface area contributed by atoms with Crippen molar-refractivity contribution in [3.8, 4) is 0 Å². The van der Waals surface area contributed by atoms with E-state index in [9.17, 15) is 14.0 Å². The van der Waals surface area contributed by atoms with Gasteiger partial charge in [0, 0.05) is 10.6 Å². The minimum absolute atomic E-state index is 0.0191. The molecule has 2 rings (SSSR count). The van der Waals surface area contributed by atoms with Crippen molar-refractivity contribution in [2.75, 3.05) is 5.32 Å². The van der Waals surface area contributed by atoms with E-state index in [2.05, 4.69) is 5.32 Å². The largest absolute Gasteiger partial charge is 0.478 e. The van der Waals surface area contributed by atoms with E-state index >= 15 is 0 Å². The zero-order chi connectivity index (χ0) is 15.6. The molecule has 0 saturated carbocycles. The molecule has 0 aliphatic carbocycles. The van der Waals surface area contributed by atoms with Crippen molar-refractivity contribution in [3.05, 3.63) is 63.9 Å².